The van der Waals surface area contributed by atoms with Crippen molar-refractivity contribution in [1.29, 1.82) is 0 Å². The largest absolute Gasteiger partial charge is 0.334 e. The van der Waals surface area contributed by atoms with Gasteiger partial charge in [0.05, 0.1) is 0 Å². The van der Waals surface area contributed by atoms with Gasteiger partial charge in [0.2, 0.25) is 0 Å². The van der Waals surface area contributed by atoms with Gasteiger partial charge in [-0.1, -0.05) is 18.0 Å². The summed E-state index contributed by atoms with van der Waals surface area (Å²) in [6.45, 7) is 1.79. The van der Waals surface area contributed by atoms with Crippen LogP contribution in [0.25, 0.3) is 11.5 Å². The second-order valence-electron chi connectivity index (χ2n) is 6.61. The van der Waals surface area contributed by atoms with E-state index in [0.29, 0.717) is 23.8 Å². The van der Waals surface area contributed by atoms with E-state index >= 15 is 0 Å². The molecule has 5 heteroatoms. The van der Waals surface area contributed by atoms with Crippen molar-refractivity contribution in [2.24, 2.45) is 0 Å². The maximum atomic E-state index is 12.9. The molecule has 5 nitrogen and oxygen atoms in total. The summed E-state index contributed by atoms with van der Waals surface area (Å²) in [6.07, 6.45) is 7.11. The van der Waals surface area contributed by atoms with E-state index in [4.69, 9.17) is 4.52 Å². The van der Waals surface area contributed by atoms with Crippen LogP contribution < -0.4 is 0 Å². The lowest BCUT2D eigenvalue weighted by atomic mass is 10.1. The average Bonchev–Trinajstić information content (AvgIpc) is 3.07. The molecule has 2 aromatic rings. The fourth-order valence-corrected chi connectivity index (χ4v) is 3.48. The zero-order valence-electron chi connectivity index (χ0n) is 13.4. The molecule has 1 aromatic heterocycles. The number of aryl methyl sites for hydroxylation is 1. The predicted molar refractivity (Wildman–Crippen MR) is 85.9 cm³/mol. The van der Waals surface area contributed by atoms with Crippen molar-refractivity contribution in [1.82, 2.24) is 15.0 Å². The van der Waals surface area contributed by atoms with Crippen molar-refractivity contribution in [3.63, 3.8) is 0 Å². The highest BCUT2D eigenvalue weighted by Gasteiger charge is 2.38. The molecule has 1 heterocycles. The molecule has 0 saturated heterocycles. The Bertz CT molecular complexity index is 697. The van der Waals surface area contributed by atoms with Crippen molar-refractivity contribution >= 4 is 5.91 Å². The van der Waals surface area contributed by atoms with Gasteiger partial charge in [0.15, 0.2) is 5.82 Å². The van der Waals surface area contributed by atoms with E-state index in [0.717, 1.165) is 36.8 Å². The van der Waals surface area contributed by atoms with Gasteiger partial charge >= 0.3 is 0 Å². The molecule has 2 aliphatic rings. The van der Waals surface area contributed by atoms with Gasteiger partial charge < -0.3 is 9.42 Å². The first kappa shape index (κ1) is 14.4. The molecule has 0 N–H and O–H groups in total. The highest BCUT2D eigenvalue weighted by atomic mass is 16.5. The van der Waals surface area contributed by atoms with Crippen LogP contribution in [-0.2, 0) is 0 Å². The second kappa shape index (κ2) is 5.80. The van der Waals surface area contributed by atoms with Crippen molar-refractivity contribution in [2.45, 2.75) is 57.5 Å². The molecule has 0 atom stereocenters. The van der Waals surface area contributed by atoms with Crippen LogP contribution in [0.4, 0.5) is 0 Å². The van der Waals surface area contributed by atoms with Gasteiger partial charge in [-0.25, -0.2) is 0 Å². The Kier molecular flexibility index (Phi) is 3.63. The standard InChI is InChI=1S/C18H21N3O2/c1-12-19-17(23-20-12)13-6-8-14(9-7-13)18(22)21(16-10-11-16)15-4-2-3-5-15/h6-9,15-16H,2-5,10-11H2,1H3. The number of nitrogens with zero attached hydrogens (tertiary/aromatic N) is 3. The fraction of sp³-hybridized carbons (Fsp3) is 0.500. The molecule has 120 valence electrons. The van der Waals surface area contributed by atoms with Gasteiger partial charge in [-0.2, -0.15) is 4.98 Å². The van der Waals surface area contributed by atoms with Crippen LogP contribution in [0.3, 0.4) is 0 Å². The number of hydrogen-bond donors (Lipinski definition) is 0. The monoisotopic (exact) mass is 311 g/mol. The van der Waals surface area contributed by atoms with E-state index in [1.165, 1.54) is 12.8 Å². The van der Waals surface area contributed by atoms with Crippen molar-refractivity contribution < 1.29 is 9.32 Å². The molecular weight excluding hydrogens is 290 g/mol. The van der Waals surface area contributed by atoms with E-state index in [2.05, 4.69) is 15.0 Å². The van der Waals surface area contributed by atoms with E-state index in [-0.39, 0.29) is 5.91 Å². The highest BCUT2D eigenvalue weighted by Crippen LogP contribution is 2.35. The van der Waals surface area contributed by atoms with Crippen LogP contribution in [0.1, 0.15) is 54.7 Å². The van der Waals surface area contributed by atoms with E-state index in [9.17, 15) is 4.79 Å². The maximum absolute atomic E-state index is 12.9. The molecule has 2 fully saturated rings. The first-order valence-electron chi connectivity index (χ1n) is 8.46. The van der Waals surface area contributed by atoms with Crippen LogP contribution >= 0.6 is 0 Å². The molecule has 2 aliphatic carbocycles. The summed E-state index contributed by atoms with van der Waals surface area (Å²) in [5, 5.41) is 3.80. The summed E-state index contributed by atoms with van der Waals surface area (Å²) in [5.41, 5.74) is 1.60. The lowest BCUT2D eigenvalue weighted by molar-refractivity contribution is 0.0664. The Morgan fingerprint density at radius 1 is 1.09 bits per heavy atom. The lowest BCUT2D eigenvalue weighted by Gasteiger charge is -2.29. The van der Waals surface area contributed by atoms with Crippen LogP contribution in [0.5, 0.6) is 0 Å². The Morgan fingerprint density at radius 3 is 2.30 bits per heavy atom. The molecular formula is C18H21N3O2. The van der Waals surface area contributed by atoms with Crippen LogP contribution in [0.2, 0.25) is 0 Å². The topological polar surface area (TPSA) is 59.2 Å². The normalized spacial score (nSPS) is 18.3. The molecule has 0 aliphatic heterocycles. The minimum Gasteiger partial charge on any atom is -0.334 e. The van der Waals surface area contributed by atoms with Crippen LogP contribution in [0.15, 0.2) is 28.8 Å². The molecule has 0 bridgehead atoms. The molecule has 1 amide bonds. The highest BCUT2D eigenvalue weighted by molar-refractivity contribution is 5.95. The summed E-state index contributed by atoms with van der Waals surface area (Å²) in [5.74, 6) is 1.28. The Balaban J connectivity index is 1.55. The number of carbonyl (C=O) groups is 1. The van der Waals surface area contributed by atoms with Gasteiger partial charge in [-0.15, -0.1) is 0 Å². The second-order valence-corrected chi connectivity index (χ2v) is 6.61. The summed E-state index contributed by atoms with van der Waals surface area (Å²) >= 11 is 0. The number of benzene rings is 1. The minimum absolute atomic E-state index is 0.174. The Labute approximate surface area is 135 Å². The number of rotatable bonds is 4. The summed E-state index contributed by atoms with van der Waals surface area (Å²) in [6, 6.07) is 8.43. The average molecular weight is 311 g/mol. The van der Waals surface area contributed by atoms with Gasteiger partial charge in [0.25, 0.3) is 11.8 Å². The third kappa shape index (κ3) is 2.87. The third-order valence-electron chi connectivity index (χ3n) is 4.80. The van der Waals surface area contributed by atoms with Crippen molar-refractivity contribution in [2.75, 3.05) is 0 Å². The summed E-state index contributed by atoms with van der Waals surface area (Å²) in [7, 11) is 0. The fourth-order valence-electron chi connectivity index (χ4n) is 3.48. The molecule has 0 spiro atoms. The summed E-state index contributed by atoms with van der Waals surface area (Å²) in [4.78, 5) is 19.3. The minimum atomic E-state index is 0.174. The number of aromatic nitrogens is 2. The number of carbonyl (C=O) groups excluding carboxylic acids is 1. The van der Waals surface area contributed by atoms with E-state index in [1.54, 1.807) is 6.92 Å². The molecule has 0 radical (unpaired) electrons. The van der Waals surface area contributed by atoms with Gasteiger partial charge in [-0.3, -0.25) is 4.79 Å². The van der Waals surface area contributed by atoms with Gasteiger partial charge in [0, 0.05) is 23.2 Å². The van der Waals surface area contributed by atoms with Crippen molar-refractivity contribution in [3.05, 3.63) is 35.7 Å². The first-order chi connectivity index (χ1) is 11.2. The third-order valence-corrected chi connectivity index (χ3v) is 4.80. The van der Waals surface area contributed by atoms with E-state index < -0.39 is 0 Å². The van der Waals surface area contributed by atoms with Gasteiger partial charge in [0.1, 0.15) is 0 Å². The SMILES string of the molecule is Cc1noc(-c2ccc(C(=O)N(C3CCCC3)C3CC3)cc2)n1. The Hall–Kier alpha value is -2.17. The van der Waals surface area contributed by atoms with Gasteiger partial charge in [-0.05, 0) is 56.9 Å². The quantitative estimate of drug-likeness (QED) is 0.865. The van der Waals surface area contributed by atoms with E-state index in [1.807, 2.05) is 24.3 Å². The number of amides is 1. The van der Waals surface area contributed by atoms with Crippen LogP contribution in [-0.4, -0.2) is 33.0 Å². The summed E-state index contributed by atoms with van der Waals surface area (Å²) < 4.78 is 5.17. The Morgan fingerprint density at radius 2 is 1.74 bits per heavy atom. The molecule has 2 saturated carbocycles. The molecule has 4 rings (SSSR count). The zero-order chi connectivity index (χ0) is 15.8. The molecule has 1 aromatic carbocycles. The smallest absolute Gasteiger partial charge is 0.257 e. The van der Waals surface area contributed by atoms with Crippen LogP contribution in [0, 0.1) is 6.92 Å². The first-order valence-corrected chi connectivity index (χ1v) is 8.46. The molecule has 0 unspecified atom stereocenters. The molecule has 23 heavy (non-hydrogen) atoms. The maximum Gasteiger partial charge on any atom is 0.257 e. The lowest BCUT2D eigenvalue weighted by Crippen LogP contribution is -2.40. The van der Waals surface area contributed by atoms with Crippen molar-refractivity contribution in [3.8, 4) is 11.5 Å². The predicted octanol–water partition coefficient (Wildman–Crippen LogP) is 3.59. The zero-order valence-corrected chi connectivity index (χ0v) is 13.4. The number of hydrogen-bond acceptors (Lipinski definition) is 4.